The third-order valence-corrected chi connectivity index (χ3v) is 3.84. The quantitative estimate of drug-likeness (QED) is 0.734. The standard InChI is InChI=1S/C14H24N4O/c1-9(2)11-17-12(15-4)10(3)13(18-11)16-7-14(8-19)5-6-14/h9,19H,5-8H2,1-4H3,(H2,15,16,17,18). The van der Waals surface area contributed by atoms with Crippen LogP contribution in [0.5, 0.6) is 0 Å². The van der Waals surface area contributed by atoms with Gasteiger partial charge in [0.05, 0.1) is 6.61 Å². The molecule has 19 heavy (non-hydrogen) atoms. The van der Waals surface area contributed by atoms with Crippen molar-refractivity contribution in [1.82, 2.24) is 9.97 Å². The molecule has 1 aliphatic carbocycles. The highest BCUT2D eigenvalue weighted by Crippen LogP contribution is 2.45. The second-order valence-electron chi connectivity index (χ2n) is 5.82. The Bertz CT molecular complexity index is 455. The minimum atomic E-state index is 0.0786. The van der Waals surface area contributed by atoms with Gasteiger partial charge in [-0.2, -0.15) is 0 Å². The zero-order valence-electron chi connectivity index (χ0n) is 12.2. The van der Waals surface area contributed by atoms with Gasteiger partial charge < -0.3 is 15.7 Å². The van der Waals surface area contributed by atoms with Crippen LogP contribution in [0.4, 0.5) is 11.6 Å². The summed E-state index contributed by atoms with van der Waals surface area (Å²) in [6.45, 7) is 7.22. The predicted octanol–water partition coefficient (Wildman–Crippen LogP) is 2.13. The van der Waals surface area contributed by atoms with E-state index in [4.69, 9.17) is 0 Å². The first-order valence-corrected chi connectivity index (χ1v) is 6.92. The van der Waals surface area contributed by atoms with Gasteiger partial charge in [-0.15, -0.1) is 0 Å². The number of aliphatic hydroxyl groups excluding tert-OH is 1. The van der Waals surface area contributed by atoms with Crippen molar-refractivity contribution >= 4 is 11.6 Å². The molecular weight excluding hydrogens is 240 g/mol. The van der Waals surface area contributed by atoms with Gasteiger partial charge in [-0.3, -0.25) is 0 Å². The van der Waals surface area contributed by atoms with Crippen LogP contribution in [0.1, 0.15) is 44.0 Å². The molecule has 2 rings (SSSR count). The molecule has 1 saturated carbocycles. The fourth-order valence-electron chi connectivity index (χ4n) is 2.05. The molecule has 3 N–H and O–H groups in total. The Labute approximate surface area is 114 Å². The third kappa shape index (κ3) is 2.97. The van der Waals surface area contributed by atoms with E-state index in [9.17, 15) is 5.11 Å². The molecule has 1 heterocycles. The minimum Gasteiger partial charge on any atom is -0.396 e. The number of hydrogen-bond donors (Lipinski definition) is 3. The van der Waals surface area contributed by atoms with Crippen LogP contribution in [0.3, 0.4) is 0 Å². The van der Waals surface area contributed by atoms with Gasteiger partial charge in [0.25, 0.3) is 0 Å². The van der Waals surface area contributed by atoms with Gasteiger partial charge >= 0.3 is 0 Å². The maximum atomic E-state index is 9.36. The Hall–Kier alpha value is -1.36. The molecule has 106 valence electrons. The highest BCUT2D eigenvalue weighted by Gasteiger charge is 2.41. The van der Waals surface area contributed by atoms with Crippen molar-refractivity contribution in [3.8, 4) is 0 Å². The van der Waals surface area contributed by atoms with E-state index in [0.29, 0.717) is 5.92 Å². The van der Waals surface area contributed by atoms with Crippen molar-refractivity contribution in [3.63, 3.8) is 0 Å². The lowest BCUT2D eigenvalue weighted by Crippen LogP contribution is -2.21. The lowest BCUT2D eigenvalue weighted by Gasteiger charge is -2.18. The van der Waals surface area contributed by atoms with Gasteiger partial charge in [0.1, 0.15) is 17.5 Å². The van der Waals surface area contributed by atoms with Crippen LogP contribution in [0.15, 0.2) is 0 Å². The van der Waals surface area contributed by atoms with Crippen LogP contribution >= 0.6 is 0 Å². The lowest BCUT2D eigenvalue weighted by atomic mass is 10.1. The molecular formula is C14H24N4O. The van der Waals surface area contributed by atoms with Crippen LogP contribution in [0.25, 0.3) is 0 Å². The normalized spacial score (nSPS) is 16.5. The predicted molar refractivity (Wildman–Crippen MR) is 77.6 cm³/mol. The summed E-state index contributed by atoms with van der Waals surface area (Å²) >= 11 is 0. The minimum absolute atomic E-state index is 0.0786. The summed E-state index contributed by atoms with van der Waals surface area (Å²) in [5, 5.41) is 15.9. The van der Waals surface area contributed by atoms with Crippen LogP contribution in [-0.2, 0) is 0 Å². The molecule has 0 bridgehead atoms. The number of anilines is 2. The van der Waals surface area contributed by atoms with E-state index in [-0.39, 0.29) is 12.0 Å². The first-order valence-electron chi connectivity index (χ1n) is 6.92. The van der Waals surface area contributed by atoms with Gasteiger partial charge in [0, 0.05) is 30.5 Å². The number of nitrogens with one attached hydrogen (secondary N) is 2. The summed E-state index contributed by atoms with van der Waals surface area (Å²) in [6.07, 6.45) is 2.19. The Morgan fingerprint density at radius 1 is 1.26 bits per heavy atom. The van der Waals surface area contributed by atoms with Crippen LogP contribution < -0.4 is 10.6 Å². The molecule has 0 aliphatic heterocycles. The Kier molecular flexibility index (Phi) is 3.94. The molecule has 0 radical (unpaired) electrons. The Balaban J connectivity index is 2.20. The summed E-state index contributed by atoms with van der Waals surface area (Å²) in [4.78, 5) is 9.12. The van der Waals surface area contributed by atoms with E-state index in [1.54, 1.807) is 0 Å². The lowest BCUT2D eigenvalue weighted by molar-refractivity contribution is 0.219. The number of aliphatic hydroxyl groups is 1. The van der Waals surface area contributed by atoms with Crippen molar-refractivity contribution in [3.05, 3.63) is 11.4 Å². The van der Waals surface area contributed by atoms with Crippen molar-refractivity contribution in [1.29, 1.82) is 0 Å². The molecule has 0 aromatic carbocycles. The second kappa shape index (κ2) is 5.33. The van der Waals surface area contributed by atoms with Crippen molar-refractivity contribution < 1.29 is 5.11 Å². The first-order chi connectivity index (χ1) is 9.01. The van der Waals surface area contributed by atoms with Crippen LogP contribution in [-0.4, -0.2) is 35.3 Å². The number of aromatic nitrogens is 2. The highest BCUT2D eigenvalue weighted by molar-refractivity contribution is 5.57. The van der Waals surface area contributed by atoms with Gasteiger partial charge in [0.15, 0.2) is 0 Å². The van der Waals surface area contributed by atoms with Gasteiger partial charge in [0.2, 0.25) is 0 Å². The Morgan fingerprint density at radius 3 is 2.37 bits per heavy atom. The zero-order valence-corrected chi connectivity index (χ0v) is 12.2. The van der Waals surface area contributed by atoms with E-state index >= 15 is 0 Å². The number of rotatable bonds is 6. The van der Waals surface area contributed by atoms with Crippen molar-refractivity contribution in [2.45, 2.75) is 39.5 Å². The van der Waals surface area contributed by atoms with E-state index in [1.807, 2.05) is 14.0 Å². The molecule has 1 aliphatic rings. The summed E-state index contributed by atoms with van der Waals surface area (Å²) in [6, 6.07) is 0. The molecule has 5 heteroatoms. The van der Waals surface area contributed by atoms with E-state index in [0.717, 1.165) is 42.4 Å². The maximum absolute atomic E-state index is 9.36. The highest BCUT2D eigenvalue weighted by atomic mass is 16.3. The molecule has 0 amide bonds. The van der Waals surface area contributed by atoms with Gasteiger partial charge in [-0.1, -0.05) is 13.8 Å². The summed E-state index contributed by atoms with van der Waals surface area (Å²) < 4.78 is 0. The fraction of sp³-hybridized carbons (Fsp3) is 0.714. The molecule has 1 aromatic rings. The van der Waals surface area contributed by atoms with Crippen LogP contribution in [0, 0.1) is 12.3 Å². The zero-order chi connectivity index (χ0) is 14.0. The first kappa shape index (κ1) is 14.1. The third-order valence-electron chi connectivity index (χ3n) is 3.84. The number of nitrogens with zero attached hydrogens (tertiary/aromatic N) is 2. The van der Waals surface area contributed by atoms with Gasteiger partial charge in [-0.05, 0) is 19.8 Å². The van der Waals surface area contributed by atoms with E-state index < -0.39 is 0 Å². The molecule has 5 nitrogen and oxygen atoms in total. The SMILES string of the molecule is CNc1nc(C(C)C)nc(NCC2(CO)CC2)c1C. The largest absolute Gasteiger partial charge is 0.396 e. The fourth-order valence-corrected chi connectivity index (χ4v) is 2.05. The smallest absolute Gasteiger partial charge is 0.135 e. The average molecular weight is 264 g/mol. The molecule has 0 spiro atoms. The maximum Gasteiger partial charge on any atom is 0.135 e. The monoisotopic (exact) mass is 264 g/mol. The molecule has 0 saturated heterocycles. The van der Waals surface area contributed by atoms with Crippen molar-refractivity contribution in [2.75, 3.05) is 30.8 Å². The topological polar surface area (TPSA) is 70.1 Å². The second-order valence-corrected chi connectivity index (χ2v) is 5.82. The average Bonchev–Trinajstić information content (AvgIpc) is 3.18. The molecule has 0 atom stereocenters. The van der Waals surface area contributed by atoms with E-state index in [1.165, 1.54) is 0 Å². The molecule has 1 aromatic heterocycles. The Morgan fingerprint density at radius 2 is 1.89 bits per heavy atom. The summed E-state index contributed by atoms with van der Waals surface area (Å²) in [7, 11) is 1.87. The van der Waals surface area contributed by atoms with E-state index in [2.05, 4.69) is 34.4 Å². The molecule has 0 unspecified atom stereocenters. The summed E-state index contributed by atoms with van der Waals surface area (Å²) in [5.41, 5.74) is 1.11. The van der Waals surface area contributed by atoms with Crippen LogP contribution in [0.2, 0.25) is 0 Å². The van der Waals surface area contributed by atoms with Crippen molar-refractivity contribution in [2.24, 2.45) is 5.41 Å². The van der Waals surface area contributed by atoms with Gasteiger partial charge in [-0.25, -0.2) is 9.97 Å². The molecule has 1 fully saturated rings. The summed E-state index contributed by atoms with van der Waals surface area (Å²) in [5.74, 6) is 2.88. The number of hydrogen-bond acceptors (Lipinski definition) is 5.